The Morgan fingerprint density at radius 1 is 0.875 bits per heavy atom. The van der Waals surface area contributed by atoms with E-state index < -0.39 is 0 Å². The van der Waals surface area contributed by atoms with Gasteiger partial charge in [0.1, 0.15) is 18.5 Å². The van der Waals surface area contributed by atoms with E-state index >= 15 is 0 Å². The van der Waals surface area contributed by atoms with Gasteiger partial charge in [-0.2, -0.15) is 0 Å². The third kappa shape index (κ3) is 11.2. The molecule has 0 saturated carbocycles. The van der Waals surface area contributed by atoms with Gasteiger partial charge in [0, 0.05) is 0 Å². The highest BCUT2D eigenvalue weighted by Gasteiger charge is 2.05. The summed E-state index contributed by atoms with van der Waals surface area (Å²) in [5, 5.41) is 8.53. The summed E-state index contributed by atoms with van der Waals surface area (Å²) in [7, 11) is 0. The fraction of sp³-hybridized carbons (Fsp3) is 0.556. The smallest absolute Gasteiger partial charge is 0.119 e. The molecule has 0 aromatic heterocycles. The summed E-state index contributed by atoms with van der Waals surface area (Å²) < 4.78 is 27.0. The van der Waals surface area contributed by atoms with Crippen molar-refractivity contribution in [3.63, 3.8) is 0 Å². The molecule has 0 saturated heterocycles. The van der Waals surface area contributed by atoms with Crippen LogP contribution in [0, 0.1) is 0 Å². The molecule has 0 aliphatic rings. The maximum Gasteiger partial charge on any atom is 0.119 e. The second kappa shape index (κ2) is 15.1. The Balaban J connectivity index is 1.92. The van der Waals surface area contributed by atoms with E-state index in [2.05, 4.69) is 6.58 Å². The average Bonchev–Trinajstić information content (AvgIpc) is 2.63. The van der Waals surface area contributed by atoms with Crippen molar-refractivity contribution < 1.29 is 28.8 Å². The highest BCUT2D eigenvalue weighted by Crippen LogP contribution is 2.09. The number of para-hydroxylation sites is 1. The van der Waals surface area contributed by atoms with Crippen molar-refractivity contribution in [2.45, 2.75) is 6.10 Å². The zero-order chi connectivity index (χ0) is 17.3. The predicted molar refractivity (Wildman–Crippen MR) is 91.4 cm³/mol. The molecule has 0 bridgehead atoms. The second-order valence-corrected chi connectivity index (χ2v) is 4.83. The molecule has 0 amide bonds. The van der Waals surface area contributed by atoms with E-state index in [0.717, 1.165) is 5.75 Å². The molecule has 0 radical (unpaired) electrons. The SMILES string of the molecule is C=CC(COc1ccccc1)OCCOCCOCCOCCO. The van der Waals surface area contributed by atoms with Gasteiger partial charge in [0.2, 0.25) is 0 Å². The van der Waals surface area contributed by atoms with Gasteiger partial charge in [0.15, 0.2) is 0 Å². The summed E-state index contributed by atoms with van der Waals surface area (Å²) in [5.41, 5.74) is 0. The molecule has 24 heavy (non-hydrogen) atoms. The van der Waals surface area contributed by atoms with Crippen molar-refractivity contribution in [3.05, 3.63) is 43.0 Å². The molecule has 6 nitrogen and oxygen atoms in total. The first-order chi connectivity index (χ1) is 11.9. The van der Waals surface area contributed by atoms with E-state index in [-0.39, 0.29) is 12.7 Å². The number of hydrogen-bond donors (Lipinski definition) is 1. The Morgan fingerprint density at radius 3 is 2.04 bits per heavy atom. The first kappa shape index (κ1) is 20.6. The van der Waals surface area contributed by atoms with Crippen molar-refractivity contribution in [3.8, 4) is 5.75 Å². The summed E-state index contributed by atoms with van der Waals surface area (Å²) in [6, 6.07) is 9.59. The minimum atomic E-state index is -0.172. The summed E-state index contributed by atoms with van der Waals surface area (Å²) in [4.78, 5) is 0. The lowest BCUT2D eigenvalue weighted by molar-refractivity contribution is -0.0187. The van der Waals surface area contributed by atoms with Crippen LogP contribution in [0.2, 0.25) is 0 Å². The summed E-state index contributed by atoms with van der Waals surface area (Å²) in [6.07, 6.45) is 1.55. The predicted octanol–water partition coefficient (Wildman–Crippen LogP) is 1.68. The molecule has 0 fully saturated rings. The van der Waals surface area contributed by atoms with Crippen LogP contribution >= 0.6 is 0 Å². The summed E-state index contributed by atoms with van der Waals surface area (Å²) >= 11 is 0. The van der Waals surface area contributed by atoms with Crippen LogP contribution in [0.25, 0.3) is 0 Å². The van der Waals surface area contributed by atoms with Gasteiger partial charge in [-0.25, -0.2) is 0 Å². The molecule has 0 aliphatic carbocycles. The van der Waals surface area contributed by atoms with Crippen molar-refractivity contribution in [1.82, 2.24) is 0 Å². The van der Waals surface area contributed by atoms with Gasteiger partial charge in [-0.15, -0.1) is 6.58 Å². The highest BCUT2D eigenvalue weighted by molar-refractivity contribution is 5.20. The lowest BCUT2D eigenvalue weighted by atomic mass is 10.3. The molecule has 0 heterocycles. The number of rotatable bonds is 16. The fourth-order valence-corrected chi connectivity index (χ4v) is 1.74. The van der Waals surface area contributed by atoms with E-state index in [1.165, 1.54) is 0 Å². The number of hydrogen-bond acceptors (Lipinski definition) is 6. The Labute approximate surface area is 143 Å². The molecule has 0 aliphatic heterocycles. The first-order valence-corrected chi connectivity index (χ1v) is 8.13. The molecular weight excluding hydrogens is 312 g/mol. The lowest BCUT2D eigenvalue weighted by Gasteiger charge is -2.15. The van der Waals surface area contributed by atoms with Crippen LogP contribution in [-0.2, 0) is 18.9 Å². The van der Waals surface area contributed by atoms with Crippen LogP contribution in [0.4, 0.5) is 0 Å². The standard InChI is InChI=1S/C18H28O6/c1-2-17(16-24-18-6-4-3-5-7-18)23-15-14-22-13-12-21-11-10-20-9-8-19/h2-7,17,19H,1,8-16H2. The Hall–Kier alpha value is -1.44. The Kier molecular flexibility index (Phi) is 13.0. The monoisotopic (exact) mass is 340 g/mol. The maximum atomic E-state index is 8.53. The largest absolute Gasteiger partial charge is 0.491 e. The fourth-order valence-electron chi connectivity index (χ4n) is 1.74. The first-order valence-electron chi connectivity index (χ1n) is 8.13. The zero-order valence-electron chi connectivity index (χ0n) is 14.1. The van der Waals surface area contributed by atoms with Gasteiger partial charge < -0.3 is 28.8 Å². The molecule has 1 N–H and O–H groups in total. The molecule has 1 aromatic carbocycles. The van der Waals surface area contributed by atoms with Gasteiger partial charge in [-0.1, -0.05) is 24.3 Å². The zero-order valence-corrected chi connectivity index (χ0v) is 14.1. The van der Waals surface area contributed by atoms with Crippen molar-refractivity contribution in [1.29, 1.82) is 0 Å². The van der Waals surface area contributed by atoms with Crippen LogP contribution < -0.4 is 4.74 Å². The number of benzene rings is 1. The van der Waals surface area contributed by atoms with Gasteiger partial charge in [-0.05, 0) is 12.1 Å². The maximum absolute atomic E-state index is 8.53. The van der Waals surface area contributed by atoms with E-state index in [1.807, 2.05) is 30.3 Å². The van der Waals surface area contributed by atoms with Crippen LogP contribution in [0.3, 0.4) is 0 Å². The van der Waals surface area contributed by atoms with Crippen LogP contribution in [0.5, 0.6) is 5.75 Å². The molecule has 1 rings (SSSR count). The minimum Gasteiger partial charge on any atom is -0.491 e. The average molecular weight is 340 g/mol. The van der Waals surface area contributed by atoms with E-state index in [9.17, 15) is 0 Å². The van der Waals surface area contributed by atoms with Crippen molar-refractivity contribution in [2.24, 2.45) is 0 Å². The van der Waals surface area contributed by atoms with Crippen LogP contribution in [0.1, 0.15) is 0 Å². The summed E-state index contributed by atoms with van der Waals surface area (Å²) in [6.45, 7) is 7.48. The molecule has 136 valence electrons. The second-order valence-electron chi connectivity index (χ2n) is 4.83. The number of aliphatic hydroxyl groups excluding tert-OH is 1. The van der Waals surface area contributed by atoms with Gasteiger partial charge in [-0.3, -0.25) is 0 Å². The van der Waals surface area contributed by atoms with Crippen molar-refractivity contribution >= 4 is 0 Å². The summed E-state index contributed by atoms with van der Waals surface area (Å²) in [5.74, 6) is 0.810. The third-order valence-corrected chi connectivity index (χ3v) is 2.96. The molecule has 1 atom stereocenters. The van der Waals surface area contributed by atoms with Crippen molar-refractivity contribution in [2.75, 3.05) is 59.5 Å². The normalized spacial score (nSPS) is 12.0. The number of ether oxygens (including phenoxy) is 5. The Morgan fingerprint density at radius 2 is 1.46 bits per heavy atom. The Bertz CT molecular complexity index is 398. The topological polar surface area (TPSA) is 66.4 Å². The lowest BCUT2D eigenvalue weighted by Crippen LogP contribution is -2.22. The minimum absolute atomic E-state index is 0.0329. The molecule has 1 unspecified atom stereocenters. The van der Waals surface area contributed by atoms with E-state index in [0.29, 0.717) is 52.9 Å². The molecule has 6 heteroatoms. The van der Waals surface area contributed by atoms with Gasteiger partial charge in [0.25, 0.3) is 0 Å². The highest BCUT2D eigenvalue weighted by atomic mass is 16.6. The van der Waals surface area contributed by atoms with Crippen LogP contribution in [0.15, 0.2) is 43.0 Å². The van der Waals surface area contributed by atoms with E-state index in [1.54, 1.807) is 6.08 Å². The molecular formula is C18H28O6. The van der Waals surface area contributed by atoms with Crippen LogP contribution in [-0.4, -0.2) is 70.7 Å². The van der Waals surface area contributed by atoms with E-state index in [4.69, 9.17) is 28.8 Å². The number of aliphatic hydroxyl groups is 1. The molecule has 0 spiro atoms. The third-order valence-electron chi connectivity index (χ3n) is 2.96. The molecule has 1 aromatic rings. The van der Waals surface area contributed by atoms with Gasteiger partial charge >= 0.3 is 0 Å². The van der Waals surface area contributed by atoms with Gasteiger partial charge in [0.05, 0.1) is 52.9 Å². The quantitative estimate of drug-likeness (QED) is 0.365.